The van der Waals surface area contributed by atoms with E-state index < -0.39 is 0 Å². The van der Waals surface area contributed by atoms with E-state index in [1.165, 1.54) is 25.1 Å². The van der Waals surface area contributed by atoms with Crippen LogP contribution >= 0.6 is 0 Å². The molecule has 0 N–H and O–H groups in total. The molecule has 0 saturated carbocycles. The molecule has 1 rings (SSSR count). The third-order valence-corrected chi connectivity index (χ3v) is 1.62. The van der Waals surface area contributed by atoms with Crippen molar-refractivity contribution in [1.29, 1.82) is 0 Å². The van der Waals surface area contributed by atoms with Crippen molar-refractivity contribution in [2.24, 2.45) is 4.99 Å². The first-order valence-electron chi connectivity index (χ1n) is 3.51. The van der Waals surface area contributed by atoms with Crippen LogP contribution in [0.15, 0.2) is 4.99 Å². The lowest BCUT2D eigenvalue weighted by molar-refractivity contribution is 0.569. The molecule has 0 aromatic heterocycles. The Balaban J connectivity index is 2.46. The van der Waals surface area contributed by atoms with Gasteiger partial charge in [-0.15, -0.1) is 0 Å². The molecule has 0 bridgehead atoms. The van der Waals surface area contributed by atoms with Crippen LogP contribution in [0.4, 0.5) is 0 Å². The number of rotatable bonds is 0. The van der Waals surface area contributed by atoms with Gasteiger partial charge in [0.15, 0.2) is 0 Å². The lowest BCUT2D eigenvalue weighted by Crippen LogP contribution is -2.24. The molecule has 0 fully saturated rings. The zero-order valence-electron chi connectivity index (χ0n) is 6.22. The van der Waals surface area contributed by atoms with Gasteiger partial charge in [-0.2, -0.15) is 0 Å². The minimum atomic E-state index is 1.04. The van der Waals surface area contributed by atoms with Gasteiger partial charge < -0.3 is 4.90 Å². The molecule has 52 valence electrons. The molecule has 0 spiro atoms. The second-order valence-corrected chi connectivity index (χ2v) is 2.65. The molecule has 1 aliphatic rings. The highest BCUT2D eigenvalue weighted by atomic mass is 15.1. The Morgan fingerprint density at radius 1 is 1.33 bits per heavy atom. The molecule has 2 heteroatoms. The molecular weight excluding hydrogens is 112 g/mol. The number of hydrogen-bond acceptors (Lipinski definition) is 2. The molecule has 0 radical (unpaired) electrons. The van der Waals surface area contributed by atoms with Crippen LogP contribution in [0.3, 0.4) is 0 Å². The van der Waals surface area contributed by atoms with Gasteiger partial charge in [-0.05, 0) is 12.8 Å². The number of hydrogen-bond donors (Lipinski definition) is 0. The summed E-state index contributed by atoms with van der Waals surface area (Å²) in [6.45, 7) is 1.04. The Kier molecular flexibility index (Phi) is 2.09. The smallest absolute Gasteiger partial charge is 0.0983 e. The zero-order chi connectivity index (χ0) is 6.69. The van der Waals surface area contributed by atoms with Crippen LogP contribution in [-0.4, -0.2) is 31.4 Å². The summed E-state index contributed by atoms with van der Waals surface area (Å²) in [7, 11) is 4.12. The predicted octanol–water partition coefficient (Wildman–Crippen LogP) is 1.13. The maximum Gasteiger partial charge on any atom is 0.0983 e. The molecule has 0 amide bonds. The van der Waals surface area contributed by atoms with Crippen molar-refractivity contribution < 1.29 is 0 Å². The van der Waals surface area contributed by atoms with Gasteiger partial charge in [0.25, 0.3) is 0 Å². The summed E-state index contributed by atoms with van der Waals surface area (Å²) in [5.41, 5.74) is 0. The topological polar surface area (TPSA) is 15.6 Å². The lowest BCUT2D eigenvalue weighted by Gasteiger charge is -2.18. The van der Waals surface area contributed by atoms with Gasteiger partial charge in [0.05, 0.1) is 5.84 Å². The monoisotopic (exact) mass is 126 g/mol. The predicted molar refractivity (Wildman–Crippen MR) is 39.8 cm³/mol. The molecule has 0 saturated heterocycles. The summed E-state index contributed by atoms with van der Waals surface area (Å²) in [6, 6.07) is 0. The molecule has 0 unspecified atom stereocenters. The highest BCUT2D eigenvalue weighted by molar-refractivity contribution is 5.82. The van der Waals surface area contributed by atoms with E-state index in [-0.39, 0.29) is 0 Å². The Bertz CT molecular complexity index is 116. The summed E-state index contributed by atoms with van der Waals surface area (Å²) >= 11 is 0. The second-order valence-electron chi connectivity index (χ2n) is 2.65. The standard InChI is InChI=1S/C7H14N2/c1-9(2)7-5-3-4-6-8-7/h3-6H2,1-2H3. The van der Waals surface area contributed by atoms with Crippen LogP contribution in [-0.2, 0) is 0 Å². The number of nitrogens with zero attached hydrogens (tertiary/aromatic N) is 2. The van der Waals surface area contributed by atoms with E-state index in [4.69, 9.17) is 0 Å². The van der Waals surface area contributed by atoms with Crippen molar-refractivity contribution in [3.63, 3.8) is 0 Å². The Morgan fingerprint density at radius 3 is 2.44 bits per heavy atom. The third-order valence-electron chi connectivity index (χ3n) is 1.62. The molecule has 2 nitrogen and oxygen atoms in total. The lowest BCUT2D eigenvalue weighted by atomic mass is 10.2. The van der Waals surface area contributed by atoms with Crippen molar-refractivity contribution in [2.45, 2.75) is 19.3 Å². The van der Waals surface area contributed by atoms with E-state index in [0.29, 0.717) is 0 Å². The van der Waals surface area contributed by atoms with Crippen LogP contribution in [0.25, 0.3) is 0 Å². The van der Waals surface area contributed by atoms with Crippen molar-refractivity contribution in [2.75, 3.05) is 20.6 Å². The first-order chi connectivity index (χ1) is 4.30. The van der Waals surface area contributed by atoms with Gasteiger partial charge >= 0.3 is 0 Å². The highest BCUT2D eigenvalue weighted by Gasteiger charge is 2.04. The Hall–Kier alpha value is -0.530. The van der Waals surface area contributed by atoms with Crippen molar-refractivity contribution >= 4 is 5.84 Å². The van der Waals surface area contributed by atoms with E-state index >= 15 is 0 Å². The maximum absolute atomic E-state index is 4.37. The second kappa shape index (κ2) is 2.85. The molecule has 1 heterocycles. The van der Waals surface area contributed by atoms with E-state index in [0.717, 1.165) is 6.54 Å². The van der Waals surface area contributed by atoms with Crippen LogP contribution in [0, 0.1) is 0 Å². The van der Waals surface area contributed by atoms with Gasteiger partial charge in [-0.1, -0.05) is 0 Å². The SMILES string of the molecule is CN(C)C1=NCCCC1. The van der Waals surface area contributed by atoms with Crippen LogP contribution in [0.5, 0.6) is 0 Å². The fraction of sp³-hybridized carbons (Fsp3) is 0.857. The third kappa shape index (κ3) is 1.70. The van der Waals surface area contributed by atoms with E-state index in [1.54, 1.807) is 0 Å². The van der Waals surface area contributed by atoms with E-state index in [9.17, 15) is 0 Å². The highest BCUT2D eigenvalue weighted by Crippen LogP contribution is 2.06. The first-order valence-corrected chi connectivity index (χ1v) is 3.51. The maximum atomic E-state index is 4.37. The number of amidine groups is 1. The van der Waals surface area contributed by atoms with Gasteiger partial charge in [0.2, 0.25) is 0 Å². The first kappa shape index (κ1) is 6.59. The Labute approximate surface area is 56.6 Å². The molecular formula is C7H14N2. The molecule has 1 aliphatic heterocycles. The fourth-order valence-corrected chi connectivity index (χ4v) is 1.05. The average Bonchev–Trinajstić information content (AvgIpc) is 1.90. The molecule has 0 aliphatic carbocycles. The van der Waals surface area contributed by atoms with E-state index in [2.05, 4.69) is 24.0 Å². The Morgan fingerprint density at radius 2 is 2.11 bits per heavy atom. The minimum absolute atomic E-state index is 1.04. The van der Waals surface area contributed by atoms with Crippen molar-refractivity contribution in [3.8, 4) is 0 Å². The minimum Gasteiger partial charge on any atom is -0.366 e. The molecule has 0 aromatic carbocycles. The average molecular weight is 126 g/mol. The van der Waals surface area contributed by atoms with Gasteiger partial charge in [0.1, 0.15) is 0 Å². The molecule has 0 aromatic rings. The summed E-state index contributed by atoms with van der Waals surface area (Å²) < 4.78 is 0. The number of aliphatic imine (C=N–C) groups is 1. The normalized spacial score (nSPS) is 19.1. The van der Waals surface area contributed by atoms with Crippen LogP contribution in [0.2, 0.25) is 0 Å². The summed E-state index contributed by atoms with van der Waals surface area (Å²) in [4.78, 5) is 6.48. The van der Waals surface area contributed by atoms with Crippen molar-refractivity contribution in [3.05, 3.63) is 0 Å². The van der Waals surface area contributed by atoms with Gasteiger partial charge in [-0.25, -0.2) is 0 Å². The largest absolute Gasteiger partial charge is 0.366 e. The summed E-state index contributed by atoms with van der Waals surface area (Å²) in [6.07, 6.45) is 3.77. The fourth-order valence-electron chi connectivity index (χ4n) is 1.05. The van der Waals surface area contributed by atoms with E-state index in [1.807, 2.05) is 0 Å². The molecule has 9 heavy (non-hydrogen) atoms. The zero-order valence-corrected chi connectivity index (χ0v) is 6.22. The van der Waals surface area contributed by atoms with Crippen molar-refractivity contribution in [1.82, 2.24) is 4.90 Å². The molecule has 0 atom stereocenters. The summed E-state index contributed by atoms with van der Waals surface area (Å²) in [5.74, 6) is 1.27. The summed E-state index contributed by atoms with van der Waals surface area (Å²) in [5, 5.41) is 0. The van der Waals surface area contributed by atoms with Gasteiger partial charge in [-0.3, -0.25) is 4.99 Å². The van der Waals surface area contributed by atoms with Crippen LogP contribution < -0.4 is 0 Å². The van der Waals surface area contributed by atoms with Gasteiger partial charge in [0, 0.05) is 27.1 Å². The van der Waals surface area contributed by atoms with Crippen LogP contribution in [0.1, 0.15) is 19.3 Å². The quantitative estimate of drug-likeness (QED) is 0.475.